The Morgan fingerprint density at radius 1 is 1.14 bits per heavy atom. The summed E-state index contributed by atoms with van der Waals surface area (Å²) in [6.07, 6.45) is 3.21. The van der Waals surface area contributed by atoms with Gasteiger partial charge in [0, 0.05) is 18.0 Å². The minimum Gasteiger partial charge on any atom is -0.321 e. The van der Waals surface area contributed by atoms with Crippen LogP contribution in [0.5, 0.6) is 0 Å². The van der Waals surface area contributed by atoms with Crippen LogP contribution < -0.4 is 0 Å². The van der Waals surface area contributed by atoms with Crippen molar-refractivity contribution in [2.75, 3.05) is 5.75 Å². The van der Waals surface area contributed by atoms with Crippen molar-refractivity contribution in [1.29, 1.82) is 0 Å². The Morgan fingerprint density at radius 3 is 2.59 bits per heavy atom. The lowest BCUT2D eigenvalue weighted by molar-refractivity contribution is -0.128. The van der Waals surface area contributed by atoms with E-state index in [1.165, 1.54) is 16.7 Å². The van der Waals surface area contributed by atoms with Gasteiger partial charge in [0.2, 0.25) is 5.91 Å². The molecule has 2 heterocycles. The average Bonchev–Trinajstić information content (AvgIpc) is 2.90. The van der Waals surface area contributed by atoms with Gasteiger partial charge in [0.05, 0.1) is 12.3 Å². The van der Waals surface area contributed by atoms with E-state index in [1.807, 2.05) is 0 Å². The summed E-state index contributed by atoms with van der Waals surface area (Å²) >= 11 is 1.40. The molecule has 0 N–H and O–H groups in total. The molecule has 2 aromatic rings. The van der Waals surface area contributed by atoms with Crippen LogP contribution in [0.1, 0.15) is 16.5 Å². The molecule has 22 heavy (non-hydrogen) atoms. The van der Waals surface area contributed by atoms with Crippen molar-refractivity contribution < 1.29 is 18.0 Å². The molecule has 0 bridgehead atoms. The number of thioether (sulfide) groups is 1. The second kappa shape index (κ2) is 6.00. The zero-order valence-corrected chi connectivity index (χ0v) is 12.1. The number of carbonyl (C=O) groups excluding carboxylic acids is 1. The van der Waals surface area contributed by atoms with Gasteiger partial charge in [0.15, 0.2) is 17.5 Å². The van der Waals surface area contributed by atoms with Crippen LogP contribution in [0.25, 0.3) is 0 Å². The lowest BCUT2D eigenvalue weighted by Crippen LogP contribution is -2.28. The fourth-order valence-electron chi connectivity index (χ4n) is 2.30. The first kappa shape index (κ1) is 14.9. The van der Waals surface area contributed by atoms with Crippen LogP contribution in [0.2, 0.25) is 0 Å². The van der Waals surface area contributed by atoms with Crippen molar-refractivity contribution in [3.8, 4) is 0 Å². The van der Waals surface area contributed by atoms with E-state index in [-0.39, 0.29) is 29.1 Å². The average molecular weight is 324 g/mol. The third kappa shape index (κ3) is 2.68. The van der Waals surface area contributed by atoms with Gasteiger partial charge in [-0.2, -0.15) is 0 Å². The molecule has 0 spiro atoms. The van der Waals surface area contributed by atoms with Crippen LogP contribution >= 0.6 is 11.8 Å². The van der Waals surface area contributed by atoms with Gasteiger partial charge in [-0.25, -0.2) is 13.2 Å². The normalized spacial score (nSPS) is 18.0. The van der Waals surface area contributed by atoms with Crippen LogP contribution in [0.4, 0.5) is 13.2 Å². The van der Waals surface area contributed by atoms with Gasteiger partial charge in [-0.3, -0.25) is 9.78 Å². The molecule has 1 saturated heterocycles. The van der Waals surface area contributed by atoms with Gasteiger partial charge in [0.25, 0.3) is 0 Å². The molecular weight excluding hydrogens is 313 g/mol. The molecule has 1 aliphatic heterocycles. The number of carbonyl (C=O) groups is 1. The fourth-order valence-corrected chi connectivity index (χ4v) is 3.49. The van der Waals surface area contributed by atoms with Crippen molar-refractivity contribution in [3.05, 3.63) is 65.2 Å². The molecule has 0 radical (unpaired) electrons. The highest BCUT2D eigenvalue weighted by Crippen LogP contribution is 2.39. The lowest BCUT2D eigenvalue weighted by Gasteiger charge is -2.24. The second-order valence-electron chi connectivity index (χ2n) is 4.80. The molecule has 3 nitrogen and oxygen atoms in total. The number of hydrogen-bond acceptors (Lipinski definition) is 3. The van der Waals surface area contributed by atoms with E-state index in [9.17, 15) is 18.0 Å². The van der Waals surface area contributed by atoms with Crippen molar-refractivity contribution in [3.63, 3.8) is 0 Å². The van der Waals surface area contributed by atoms with Crippen molar-refractivity contribution in [1.82, 2.24) is 9.88 Å². The molecule has 1 aliphatic rings. The minimum atomic E-state index is -1.52. The maximum atomic E-state index is 13.8. The Hall–Kier alpha value is -2.02. The molecule has 1 fully saturated rings. The number of rotatable bonds is 3. The van der Waals surface area contributed by atoms with E-state index in [4.69, 9.17) is 0 Å². The molecule has 1 aromatic carbocycles. The zero-order chi connectivity index (χ0) is 15.7. The highest BCUT2D eigenvalue weighted by atomic mass is 32.2. The van der Waals surface area contributed by atoms with E-state index in [0.717, 1.165) is 17.7 Å². The van der Waals surface area contributed by atoms with Crippen LogP contribution in [0.3, 0.4) is 0 Å². The van der Waals surface area contributed by atoms with Gasteiger partial charge in [0.1, 0.15) is 5.37 Å². The van der Waals surface area contributed by atoms with Crippen molar-refractivity contribution in [2.45, 2.75) is 11.9 Å². The van der Waals surface area contributed by atoms with Crippen LogP contribution in [-0.2, 0) is 11.3 Å². The van der Waals surface area contributed by atoms with Crippen molar-refractivity contribution >= 4 is 17.7 Å². The summed E-state index contributed by atoms with van der Waals surface area (Å²) in [7, 11) is 0. The van der Waals surface area contributed by atoms with Crippen molar-refractivity contribution in [2.24, 2.45) is 0 Å². The van der Waals surface area contributed by atoms with E-state index >= 15 is 0 Å². The molecular formula is C15H11F3N2OS. The first-order chi connectivity index (χ1) is 10.6. The van der Waals surface area contributed by atoms with E-state index in [1.54, 1.807) is 24.5 Å². The van der Waals surface area contributed by atoms with E-state index in [2.05, 4.69) is 4.98 Å². The number of aromatic nitrogens is 1. The van der Waals surface area contributed by atoms with E-state index in [0.29, 0.717) is 0 Å². The summed E-state index contributed by atoms with van der Waals surface area (Å²) in [4.78, 5) is 17.4. The number of amides is 1. The number of benzene rings is 1. The molecule has 3 rings (SSSR count). The third-order valence-electron chi connectivity index (χ3n) is 3.42. The fraction of sp³-hybridized carbons (Fsp3) is 0.200. The molecule has 0 aliphatic carbocycles. The number of nitrogens with zero attached hydrogens (tertiary/aromatic N) is 2. The smallest absolute Gasteiger partial charge is 0.234 e. The zero-order valence-electron chi connectivity index (χ0n) is 11.3. The maximum absolute atomic E-state index is 13.8. The largest absolute Gasteiger partial charge is 0.321 e. The SMILES string of the molecule is O=C1CSC(c2ccncc2)N1Cc1ccc(F)c(F)c1F. The molecule has 0 saturated carbocycles. The quantitative estimate of drug-likeness (QED) is 0.813. The first-order valence-electron chi connectivity index (χ1n) is 6.51. The summed E-state index contributed by atoms with van der Waals surface area (Å²) in [5, 5.41) is -0.289. The Bertz CT molecular complexity index is 711. The summed E-state index contributed by atoms with van der Waals surface area (Å²) in [5.41, 5.74) is 0.808. The van der Waals surface area contributed by atoms with E-state index < -0.39 is 17.5 Å². The van der Waals surface area contributed by atoms with Gasteiger partial charge >= 0.3 is 0 Å². The number of hydrogen-bond donors (Lipinski definition) is 0. The molecule has 1 unspecified atom stereocenters. The summed E-state index contributed by atoms with van der Waals surface area (Å²) in [6.45, 7) is -0.109. The molecule has 114 valence electrons. The van der Waals surface area contributed by atoms with Crippen LogP contribution in [0, 0.1) is 17.5 Å². The van der Waals surface area contributed by atoms with Gasteiger partial charge < -0.3 is 4.90 Å². The Labute approximate surface area is 129 Å². The number of halogens is 3. The highest BCUT2D eigenvalue weighted by molar-refractivity contribution is 8.00. The Kier molecular flexibility index (Phi) is 4.06. The summed E-state index contributed by atoms with van der Waals surface area (Å²) in [5.74, 6) is -3.92. The molecule has 7 heteroatoms. The Morgan fingerprint density at radius 2 is 1.86 bits per heavy atom. The molecule has 1 amide bonds. The lowest BCUT2D eigenvalue weighted by atomic mass is 10.1. The third-order valence-corrected chi connectivity index (χ3v) is 4.67. The summed E-state index contributed by atoms with van der Waals surface area (Å²) < 4.78 is 40.1. The van der Waals surface area contributed by atoms with Crippen LogP contribution in [0.15, 0.2) is 36.7 Å². The topological polar surface area (TPSA) is 33.2 Å². The van der Waals surface area contributed by atoms with Gasteiger partial charge in [-0.05, 0) is 23.8 Å². The summed E-state index contributed by atoms with van der Waals surface area (Å²) in [6, 6.07) is 5.56. The van der Waals surface area contributed by atoms with Gasteiger partial charge in [-0.15, -0.1) is 11.8 Å². The minimum absolute atomic E-state index is 0.0474. The first-order valence-corrected chi connectivity index (χ1v) is 7.56. The monoisotopic (exact) mass is 324 g/mol. The van der Waals surface area contributed by atoms with Gasteiger partial charge in [-0.1, -0.05) is 6.07 Å². The molecule has 1 aromatic heterocycles. The maximum Gasteiger partial charge on any atom is 0.234 e. The molecule has 1 atom stereocenters. The second-order valence-corrected chi connectivity index (χ2v) is 5.87. The Balaban J connectivity index is 1.90. The predicted molar refractivity (Wildman–Crippen MR) is 76.3 cm³/mol. The van der Waals surface area contributed by atoms with Crippen LogP contribution in [-0.4, -0.2) is 21.5 Å². The standard InChI is InChI=1S/C15H11F3N2OS/c16-11-2-1-10(13(17)14(11)18)7-20-12(21)8-22-15(20)9-3-5-19-6-4-9/h1-6,15H,7-8H2. The predicted octanol–water partition coefficient (Wildman–Crippen LogP) is 3.27. The number of pyridine rings is 1. The highest BCUT2D eigenvalue weighted by Gasteiger charge is 2.33.